The number of aromatic amines is 1. The van der Waals surface area contributed by atoms with Crippen molar-refractivity contribution in [3.63, 3.8) is 0 Å². The van der Waals surface area contributed by atoms with Gasteiger partial charge in [0.2, 0.25) is 11.8 Å². The van der Waals surface area contributed by atoms with E-state index in [2.05, 4.69) is 4.98 Å². The van der Waals surface area contributed by atoms with Crippen molar-refractivity contribution in [2.24, 2.45) is 29.6 Å². The highest BCUT2D eigenvalue weighted by Crippen LogP contribution is 2.71. The third-order valence-electron chi connectivity index (χ3n) is 8.89. The Bertz CT molecular complexity index is 1200. The van der Waals surface area contributed by atoms with Gasteiger partial charge in [0, 0.05) is 15.5 Å². The van der Waals surface area contributed by atoms with Gasteiger partial charge in [-0.2, -0.15) is 0 Å². The van der Waals surface area contributed by atoms with E-state index in [9.17, 15) is 18.8 Å². The summed E-state index contributed by atoms with van der Waals surface area (Å²) in [7, 11) is 0. The fourth-order valence-corrected chi connectivity index (χ4v) is 11.1. The van der Waals surface area contributed by atoms with Crippen LogP contribution in [0.4, 0.5) is 10.1 Å². The van der Waals surface area contributed by atoms with E-state index in [0.29, 0.717) is 11.6 Å². The number of carbonyl (C=O) groups is 2. The van der Waals surface area contributed by atoms with Crippen molar-refractivity contribution < 1.29 is 14.0 Å². The molecule has 2 aromatic rings. The van der Waals surface area contributed by atoms with Crippen molar-refractivity contribution in [1.82, 2.24) is 4.98 Å². The van der Waals surface area contributed by atoms with E-state index in [-0.39, 0.29) is 56.8 Å². The summed E-state index contributed by atoms with van der Waals surface area (Å²) in [6.45, 7) is 0. The summed E-state index contributed by atoms with van der Waals surface area (Å²) < 4.78 is 13.4. The van der Waals surface area contributed by atoms with E-state index < -0.39 is 0 Å². The second-order valence-corrected chi connectivity index (χ2v) is 12.3. The Balaban J connectivity index is 1.32. The molecule has 1 aromatic heterocycles. The molecule has 2 bridgehead atoms. The molecule has 1 N–H and O–H groups in total. The molecule has 3 heterocycles. The molecule has 6 atom stereocenters. The zero-order valence-electron chi connectivity index (χ0n) is 17.4. The van der Waals surface area contributed by atoms with Crippen LogP contribution >= 0.6 is 23.1 Å². The number of nitrogens with zero attached hydrogens (tertiary/aromatic N) is 1. The average molecular weight is 471 g/mol. The number of halogens is 1. The second kappa shape index (κ2) is 6.56. The fraction of sp³-hybridized carbons (Fsp3) is 0.542. The number of fused-ring (bicyclic) bond motifs is 11. The molecule has 8 heteroatoms. The van der Waals surface area contributed by atoms with Crippen molar-refractivity contribution in [3.8, 4) is 0 Å². The molecule has 166 valence electrons. The molecule has 32 heavy (non-hydrogen) atoms. The number of benzene rings is 1. The maximum absolute atomic E-state index is 13.6. The molecule has 2 amide bonds. The molecular formula is C24H23FN2O3S2. The van der Waals surface area contributed by atoms with Gasteiger partial charge >= 0.3 is 4.87 Å². The fourth-order valence-electron chi connectivity index (χ4n) is 7.92. The SMILES string of the molecule is O=C1C2C3CC(C2C(=O)N1c1ccc(F)cc1)C1C3Sc2[nH]c(=O)sc2C12CCCCC2. The van der Waals surface area contributed by atoms with Gasteiger partial charge in [-0.15, -0.1) is 11.8 Å². The number of amides is 2. The predicted octanol–water partition coefficient (Wildman–Crippen LogP) is 4.32. The quantitative estimate of drug-likeness (QED) is 0.630. The molecule has 1 aromatic carbocycles. The molecule has 5 aliphatic rings. The summed E-state index contributed by atoms with van der Waals surface area (Å²) in [6.07, 6.45) is 6.59. The minimum Gasteiger partial charge on any atom is -0.307 e. The first-order valence-electron chi connectivity index (χ1n) is 11.5. The van der Waals surface area contributed by atoms with Gasteiger partial charge in [0.15, 0.2) is 0 Å². The van der Waals surface area contributed by atoms with Crippen molar-refractivity contribution in [1.29, 1.82) is 0 Å². The molecule has 6 unspecified atom stereocenters. The first kappa shape index (κ1) is 19.5. The molecule has 0 radical (unpaired) electrons. The van der Waals surface area contributed by atoms with Crippen LogP contribution < -0.4 is 9.77 Å². The highest BCUT2D eigenvalue weighted by molar-refractivity contribution is 8.00. The number of hydrogen-bond donors (Lipinski definition) is 1. The van der Waals surface area contributed by atoms with Gasteiger partial charge in [0.05, 0.1) is 22.5 Å². The predicted molar refractivity (Wildman–Crippen MR) is 120 cm³/mol. The molecular weight excluding hydrogens is 447 g/mol. The zero-order chi connectivity index (χ0) is 21.8. The highest BCUT2D eigenvalue weighted by atomic mass is 32.2. The minimum absolute atomic E-state index is 0.00889. The van der Waals surface area contributed by atoms with Gasteiger partial charge in [-0.05, 0) is 61.3 Å². The molecule has 1 spiro atoms. The van der Waals surface area contributed by atoms with E-state index in [0.717, 1.165) is 37.1 Å². The Morgan fingerprint density at radius 2 is 1.66 bits per heavy atom. The topological polar surface area (TPSA) is 70.2 Å². The van der Waals surface area contributed by atoms with Crippen molar-refractivity contribution >= 4 is 40.6 Å². The van der Waals surface area contributed by atoms with E-state index in [1.807, 2.05) is 0 Å². The smallest absolute Gasteiger partial charge is 0.305 e. The molecule has 1 saturated heterocycles. The Morgan fingerprint density at radius 3 is 2.38 bits per heavy atom. The van der Waals surface area contributed by atoms with Crippen LogP contribution in [-0.4, -0.2) is 22.0 Å². The number of imide groups is 1. The standard InChI is InChI=1S/C24H23FN2O3S2/c25-11-4-6-12(7-5-11)27-21(28)15-13-10-14(16(15)22(27)29)18-17(13)24(8-2-1-3-9-24)19-20(31-18)26-23(30)32-19/h4-7,13-18H,1-3,8-10H2,(H,26,30). The van der Waals surface area contributed by atoms with E-state index >= 15 is 0 Å². The van der Waals surface area contributed by atoms with Crippen LogP contribution in [0, 0.1) is 35.4 Å². The number of aromatic nitrogens is 1. The number of hydrogen-bond acceptors (Lipinski definition) is 5. The molecule has 5 nitrogen and oxygen atoms in total. The minimum atomic E-state index is -0.380. The van der Waals surface area contributed by atoms with Gasteiger partial charge in [0.1, 0.15) is 5.82 Å². The van der Waals surface area contributed by atoms with Crippen molar-refractivity contribution in [2.45, 2.75) is 54.2 Å². The highest BCUT2D eigenvalue weighted by Gasteiger charge is 2.72. The van der Waals surface area contributed by atoms with Gasteiger partial charge < -0.3 is 4.98 Å². The third kappa shape index (κ3) is 2.32. The van der Waals surface area contributed by atoms with Crippen LogP contribution in [0.25, 0.3) is 0 Å². The summed E-state index contributed by atoms with van der Waals surface area (Å²) in [6, 6.07) is 5.67. The van der Waals surface area contributed by atoms with Crippen LogP contribution in [-0.2, 0) is 15.0 Å². The number of thiazole rings is 1. The molecule has 2 aliphatic heterocycles. The maximum atomic E-state index is 13.6. The third-order valence-corrected chi connectivity index (χ3v) is 11.6. The Hall–Kier alpha value is -1.93. The maximum Gasteiger partial charge on any atom is 0.305 e. The van der Waals surface area contributed by atoms with Gasteiger partial charge in [0.25, 0.3) is 0 Å². The van der Waals surface area contributed by atoms with Gasteiger partial charge in [-0.3, -0.25) is 19.3 Å². The molecule has 7 rings (SSSR count). The zero-order valence-corrected chi connectivity index (χ0v) is 19.0. The van der Waals surface area contributed by atoms with E-state index in [1.165, 1.54) is 51.8 Å². The molecule has 4 fully saturated rings. The van der Waals surface area contributed by atoms with Gasteiger partial charge in [-0.1, -0.05) is 30.6 Å². The first-order chi connectivity index (χ1) is 15.5. The van der Waals surface area contributed by atoms with Crippen LogP contribution in [0.3, 0.4) is 0 Å². The number of anilines is 1. The lowest BCUT2D eigenvalue weighted by Crippen LogP contribution is -2.51. The van der Waals surface area contributed by atoms with E-state index in [1.54, 1.807) is 11.8 Å². The second-order valence-electron chi connectivity index (χ2n) is 10.1. The van der Waals surface area contributed by atoms with Crippen LogP contribution in [0.15, 0.2) is 34.1 Å². The largest absolute Gasteiger partial charge is 0.307 e. The number of thioether (sulfide) groups is 1. The number of carbonyl (C=O) groups excluding carboxylic acids is 2. The molecule has 3 aliphatic carbocycles. The van der Waals surface area contributed by atoms with E-state index in [4.69, 9.17) is 0 Å². The lowest BCUT2D eigenvalue weighted by Gasteiger charge is -2.52. The Kier molecular flexibility index (Phi) is 4.01. The van der Waals surface area contributed by atoms with Crippen LogP contribution in [0.2, 0.25) is 0 Å². The van der Waals surface area contributed by atoms with Crippen LogP contribution in [0.5, 0.6) is 0 Å². The molecule has 3 saturated carbocycles. The lowest BCUT2D eigenvalue weighted by molar-refractivity contribution is -0.123. The summed E-state index contributed by atoms with van der Waals surface area (Å²) in [4.78, 5) is 45.1. The number of H-pyrrole nitrogens is 1. The monoisotopic (exact) mass is 470 g/mol. The normalized spacial score (nSPS) is 36.5. The summed E-state index contributed by atoms with van der Waals surface area (Å²) in [5, 5.41) is 1.28. The summed E-state index contributed by atoms with van der Waals surface area (Å²) >= 11 is 3.12. The first-order valence-corrected chi connectivity index (χ1v) is 13.2. The Morgan fingerprint density at radius 1 is 0.969 bits per heavy atom. The average Bonchev–Trinajstić information content (AvgIpc) is 3.51. The number of rotatable bonds is 1. The van der Waals surface area contributed by atoms with Crippen LogP contribution in [0.1, 0.15) is 43.4 Å². The Labute approximate surface area is 192 Å². The van der Waals surface area contributed by atoms with Gasteiger partial charge in [-0.25, -0.2) is 4.39 Å². The van der Waals surface area contributed by atoms with Crippen molar-refractivity contribution in [2.75, 3.05) is 4.90 Å². The summed E-state index contributed by atoms with van der Waals surface area (Å²) in [5.74, 6) is -0.528. The number of nitrogens with one attached hydrogen (secondary N) is 1. The lowest BCUT2D eigenvalue weighted by atomic mass is 9.57. The summed E-state index contributed by atoms with van der Waals surface area (Å²) in [5.41, 5.74) is 0.436. The van der Waals surface area contributed by atoms with Crippen molar-refractivity contribution in [3.05, 3.63) is 44.6 Å².